The van der Waals surface area contributed by atoms with E-state index in [-0.39, 0.29) is 5.41 Å². The Morgan fingerprint density at radius 1 is 1.47 bits per heavy atom. The Morgan fingerprint density at radius 2 is 2.20 bits per heavy atom. The lowest BCUT2D eigenvalue weighted by Gasteiger charge is -2.15. The van der Waals surface area contributed by atoms with Crippen molar-refractivity contribution >= 4 is 5.69 Å². The lowest BCUT2D eigenvalue weighted by molar-refractivity contribution is 0.264. The molecule has 0 aliphatic heterocycles. The lowest BCUT2D eigenvalue weighted by Crippen LogP contribution is -2.13. The fourth-order valence-electron chi connectivity index (χ4n) is 1.08. The standard InChI is InChI=1S/C12H16N2O/c1-12(2,9-13)6-7-15-11-5-3-4-10(14)8-11/h3-5,8H,6-7,14H2,1-2H3. The average molecular weight is 204 g/mol. The first kappa shape index (κ1) is 11.4. The second-order valence-corrected chi connectivity index (χ2v) is 4.17. The van der Waals surface area contributed by atoms with Gasteiger partial charge in [-0.05, 0) is 32.4 Å². The maximum atomic E-state index is 8.81. The van der Waals surface area contributed by atoms with Gasteiger partial charge < -0.3 is 10.5 Å². The first-order valence-electron chi connectivity index (χ1n) is 4.93. The molecule has 0 heterocycles. The van der Waals surface area contributed by atoms with Gasteiger partial charge in [-0.1, -0.05) is 6.07 Å². The zero-order valence-electron chi connectivity index (χ0n) is 9.16. The molecule has 0 fully saturated rings. The van der Waals surface area contributed by atoms with E-state index in [0.717, 1.165) is 5.75 Å². The van der Waals surface area contributed by atoms with Crippen molar-refractivity contribution in [2.24, 2.45) is 5.41 Å². The number of nitrogens with zero attached hydrogens (tertiary/aromatic N) is 1. The highest BCUT2D eigenvalue weighted by Crippen LogP contribution is 2.20. The minimum atomic E-state index is -0.333. The van der Waals surface area contributed by atoms with Crippen LogP contribution in [0.2, 0.25) is 0 Å². The molecular formula is C12H16N2O. The molecule has 0 atom stereocenters. The highest BCUT2D eigenvalue weighted by molar-refractivity contribution is 5.43. The molecule has 80 valence electrons. The molecule has 0 aromatic heterocycles. The third kappa shape index (κ3) is 3.90. The topological polar surface area (TPSA) is 59.0 Å². The van der Waals surface area contributed by atoms with Crippen LogP contribution in [0.25, 0.3) is 0 Å². The summed E-state index contributed by atoms with van der Waals surface area (Å²) in [5.41, 5.74) is 5.96. The second-order valence-electron chi connectivity index (χ2n) is 4.17. The average Bonchev–Trinajstić information content (AvgIpc) is 2.18. The normalized spacial score (nSPS) is 10.7. The maximum absolute atomic E-state index is 8.81. The number of ether oxygens (including phenoxy) is 1. The van der Waals surface area contributed by atoms with Crippen LogP contribution < -0.4 is 10.5 Å². The van der Waals surface area contributed by atoms with Crippen LogP contribution in [-0.2, 0) is 0 Å². The van der Waals surface area contributed by atoms with Crippen LogP contribution in [0.3, 0.4) is 0 Å². The minimum absolute atomic E-state index is 0.333. The fourth-order valence-corrected chi connectivity index (χ4v) is 1.08. The fraction of sp³-hybridized carbons (Fsp3) is 0.417. The quantitative estimate of drug-likeness (QED) is 0.767. The number of benzene rings is 1. The number of rotatable bonds is 4. The second kappa shape index (κ2) is 4.70. The van der Waals surface area contributed by atoms with Crippen molar-refractivity contribution in [2.45, 2.75) is 20.3 Å². The summed E-state index contributed by atoms with van der Waals surface area (Å²) in [6.07, 6.45) is 0.707. The molecule has 0 saturated heterocycles. The number of hydrogen-bond acceptors (Lipinski definition) is 3. The van der Waals surface area contributed by atoms with E-state index < -0.39 is 0 Å². The van der Waals surface area contributed by atoms with E-state index in [1.54, 1.807) is 6.07 Å². The Kier molecular flexibility index (Phi) is 3.56. The van der Waals surface area contributed by atoms with Gasteiger partial charge in [0.1, 0.15) is 5.75 Å². The highest BCUT2D eigenvalue weighted by atomic mass is 16.5. The summed E-state index contributed by atoms with van der Waals surface area (Å²) in [7, 11) is 0. The van der Waals surface area contributed by atoms with E-state index in [0.29, 0.717) is 18.7 Å². The Morgan fingerprint density at radius 3 is 2.80 bits per heavy atom. The van der Waals surface area contributed by atoms with E-state index in [1.807, 2.05) is 32.0 Å². The van der Waals surface area contributed by atoms with Crippen molar-refractivity contribution in [3.63, 3.8) is 0 Å². The molecule has 0 amide bonds. The van der Waals surface area contributed by atoms with Gasteiger partial charge in [0.2, 0.25) is 0 Å². The van der Waals surface area contributed by atoms with Gasteiger partial charge in [-0.15, -0.1) is 0 Å². The van der Waals surface area contributed by atoms with Gasteiger partial charge in [-0.2, -0.15) is 5.26 Å². The summed E-state index contributed by atoms with van der Waals surface area (Å²) < 4.78 is 5.49. The van der Waals surface area contributed by atoms with Gasteiger partial charge in [0.25, 0.3) is 0 Å². The molecule has 0 spiro atoms. The molecule has 15 heavy (non-hydrogen) atoms. The largest absolute Gasteiger partial charge is 0.493 e. The zero-order valence-corrected chi connectivity index (χ0v) is 9.16. The zero-order chi connectivity index (χ0) is 11.3. The van der Waals surface area contributed by atoms with Crippen LogP contribution in [0.5, 0.6) is 5.75 Å². The van der Waals surface area contributed by atoms with Gasteiger partial charge in [0.15, 0.2) is 0 Å². The monoisotopic (exact) mass is 204 g/mol. The van der Waals surface area contributed by atoms with Crippen LogP contribution in [0, 0.1) is 16.7 Å². The first-order chi connectivity index (χ1) is 7.03. The summed E-state index contributed by atoms with van der Waals surface area (Å²) >= 11 is 0. The lowest BCUT2D eigenvalue weighted by atomic mass is 9.92. The van der Waals surface area contributed by atoms with Crippen molar-refractivity contribution in [2.75, 3.05) is 12.3 Å². The predicted molar refractivity (Wildman–Crippen MR) is 60.4 cm³/mol. The number of nitriles is 1. The Balaban J connectivity index is 2.42. The Labute approximate surface area is 90.5 Å². The first-order valence-corrected chi connectivity index (χ1v) is 4.93. The van der Waals surface area contributed by atoms with E-state index in [9.17, 15) is 0 Å². The van der Waals surface area contributed by atoms with E-state index >= 15 is 0 Å². The van der Waals surface area contributed by atoms with Crippen LogP contribution in [0.1, 0.15) is 20.3 Å². The van der Waals surface area contributed by atoms with Crippen LogP contribution in [-0.4, -0.2) is 6.61 Å². The molecule has 0 bridgehead atoms. The molecular weight excluding hydrogens is 188 g/mol. The van der Waals surface area contributed by atoms with Gasteiger partial charge in [0.05, 0.1) is 18.1 Å². The summed E-state index contributed by atoms with van der Waals surface area (Å²) in [4.78, 5) is 0. The molecule has 1 aromatic rings. The van der Waals surface area contributed by atoms with Gasteiger partial charge in [0, 0.05) is 11.8 Å². The molecule has 3 heteroatoms. The number of anilines is 1. The molecule has 0 aliphatic carbocycles. The van der Waals surface area contributed by atoms with Crippen molar-refractivity contribution < 1.29 is 4.74 Å². The van der Waals surface area contributed by atoms with E-state index in [4.69, 9.17) is 15.7 Å². The molecule has 1 aromatic carbocycles. The van der Waals surface area contributed by atoms with E-state index in [1.165, 1.54) is 0 Å². The van der Waals surface area contributed by atoms with Crippen LogP contribution >= 0.6 is 0 Å². The smallest absolute Gasteiger partial charge is 0.121 e. The molecule has 1 rings (SSSR count). The number of hydrogen-bond donors (Lipinski definition) is 1. The molecule has 2 N–H and O–H groups in total. The van der Waals surface area contributed by atoms with Crippen LogP contribution in [0.15, 0.2) is 24.3 Å². The third-order valence-electron chi connectivity index (χ3n) is 2.16. The van der Waals surface area contributed by atoms with Crippen molar-refractivity contribution in [3.05, 3.63) is 24.3 Å². The summed E-state index contributed by atoms with van der Waals surface area (Å²) in [6.45, 7) is 4.33. The molecule has 0 aliphatic rings. The van der Waals surface area contributed by atoms with E-state index in [2.05, 4.69) is 6.07 Å². The minimum Gasteiger partial charge on any atom is -0.493 e. The predicted octanol–water partition coefficient (Wildman–Crippen LogP) is 2.59. The Hall–Kier alpha value is -1.69. The third-order valence-corrected chi connectivity index (χ3v) is 2.16. The van der Waals surface area contributed by atoms with Crippen LogP contribution in [0.4, 0.5) is 5.69 Å². The molecule has 0 unspecified atom stereocenters. The number of nitrogens with two attached hydrogens (primary N) is 1. The maximum Gasteiger partial charge on any atom is 0.121 e. The van der Waals surface area contributed by atoms with Gasteiger partial charge >= 0.3 is 0 Å². The van der Waals surface area contributed by atoms with Crippen molar-refractivity contribution in [1.82, 2.24) is 0 Å². The van der Waals surface area contributed by atoms with Gasteiger partial charge in [-0.3, -0.25) is 0 Å². The summed E-state index contributed by atoms with van der Waals surface area (Å²) in [5.74, 6) is 0.753. The summed E-state index contributed by atoms with van der Waals surface area (Å²) in [6, 6.07) is 9.53. The molecule has 0 saturated carbocycles. The summed E-state index contributed by atoms with van der Waals surface area (Å²) in [5, 5.41) is 8.81. The SMILES string of the molecule is CC(C)(C#N)CCOc1cccc(N)c1. The van der Waals surface area contributed by atoms with Crippen molar-refractivity contribution in [1.29, 1.82) is 5.26 Å². The number of nitrogen functional groups attached to an aromatic ring is 1. The highest BCUT2D eigenvalue weighted by Gasteiger charge is 2.16. The van der Waals surface area contributed by atoms with Crippen molar-refractivity contribution in [3.8, 4) is 11.8 Å². The molecule has 0 radical (unpaired) electrons. The molecule has 3 nitrogen and oxygen atoms in total. The Bertz CT molecular complexity index is 366. The van der Waals surface area contributed by atoms with Gasteiger partial charge in [-0.25, -0.2) is 0 Å².